The summed E-state index contributed by atoms with van der Waals surface area (Å²) in [5, 5.41) is 10.4. The molecule has 30 heavy (non-hydrogen) atoms. The van der Waals surface area contributed by atoms with Crippen molar-refractivity contribution in [3.8, 4) is 11.5 Å². The molecule has 6 heteroatoms. The molecule has 160 valence electrons. The highest BCUT2D eigenvalue weighted by molar-refractivity contribution is 6.32. The molecule has 1 saturated heterocycles. The molecule has 4 atom stereocenters. The average molecular weight is 431 g/mol. The Labute approximate surface area is 181 Å². The highest BCUT2D eigenvalue weighted by atomic mass is 35.5. The maximum absolute atomic E-state index is 12.1. The van der Waals surface area contributed by atoms with Crippen molar-refractivity contribution in [2.75, 3.05) is 7.11 Å². The van der Waals surface area contributed by atoms with E-state index < -0.39 is 23.6 Å². The van der Waals surface area contributed by atoms with Crippen molar-refractivity contribution in [3.05, 3.63) is 58.6 Å². The molecule has 0 amide bonds. The van der Waals surface area contributed by atoms with E-state index in [9.17, 15) is 9.90 Å². The molecule has 2 heterocycles. The molecule has 2 aliphatic heterocycles. The van der Waals surface area contributed by atoms with Crippen LogP contribution in [0.2, 0.25) is 5.02 Å². The Balaban J connectivity index is 1.67. The molecular formula is C24H27ClO5. The van der Waals surface area contributed by atoms with Gasteiger partial charge in [0.1, 0.15) is 17.1 Å². The van der Waals surface area contributed by atoms with Crippen molar-refractivity contribution >= 4 is 17.6 Å². The third kappa shape index (κ3) is 3.88. The molecule has 2 aromatic carbocycles. The van der Waals surface area contributed by atoms with Crippen LogP contribution in [0, 0.1) is 11.8 Å². The average Bonchev–Trinajstić information content (AvgIpc) is 2.73. The molecule has 1 N–H and O–H groups in total. The maximum atomic E-state index is 12.1. The van der Waals surface area contributed by atoms with Crippen molar-refractivity contribution in [2.24, 2.45) is 11.8 Å². The summed E-state index contributed by atoms with van der Waals surface area (Å²) >= 11 is 6.49. The Morgan fingerprint density at radius 2 is 2.00 bits per heavy atom. The second-order valence-corrected chi connectivity index (χ2v) is 9.05. The number of methoxy groups -OCH3 is 1. The zero-order valence-corrected chi connectivity index (χ0v) is 18.2. The molecule has 2 aromatic rings. The van der Waals surface area contributed by atoms with Gasteiger partial charge >= 0.3 is 5.97 Å². The Morgan fingerprint density at radius 1 is 1.27 bits per heavy atom. The number of halogens is 1. The minimum atomic E-state index is -0.822. The highest BCUT2D eigenvalue weighted by Crippen LogP contribution is 2.54. The molecule has 0 spiro atoms. The molecule has 5 nitrogen and oxygen atoms in total. The van der Waals surface area contributed by atoms with E-state index in [1.54, 1.807) is 13.2 Å². The van der Waals surface area contributed by atoms with Crippen LogP contribution >= 0.6 is 11.6 Å². The van der Waals surface area contributed by atoms with E-state index in [-0.39, 0.29) is 12.0 Å². The van der Waals surface area contributed by atoms with Gasteiger partial charge in [-0.15, -0.1) is 0 Å². The molecule has 1 fully saturated rings. The van der Waals surface area contributed by atoms with Gasteiger partial charge in [-0.3, -0.25) is 4.79 Å². The highest BCUT2D eigenvalue weighted by Gasteiger charge is 2.52. The van der Waals surface area contributed by atoms with E-state index in [2.05, 4.69) is 12.1 Å². The number of carbonyl (C=O) groups is 1. The first-order valence-corrected chi connectivity index (χ1v) is 10.7. The van der Waals surface area contributed by atoms with Gasteiger partial charge in [0, 0.05) is 17.5 Å². The number of rotatable bonds is 5. The van der Waals surface area contributed by atoms with Crippen LogP contribution in [0.1, 0.15) is 43.9 Å². The minimum Gasteiger partial charge on any atom is -0.497 e. The van der Waals surface area contributed by atoms with Crippen LogP contribution in [0.5, 0.6) is 11.5 Å². The number of ether oxygens (including phenoxy) is 3. The number of carboxylic acids is 1. The quantitative estimate of drug-likeness (QED) is 0.697. The molecular weight excluding hydrogens is 404 g/mol. The van der Waals surface area contributed by atoms with Crippen LogP contribution in [0.15, 0.2) is 42.5 Å². The van der Waals surface area contributed by atoms with Crippen molar-refractivity contribution in [2.45, 2.75) is 50.9 Å². The van der Waals surface area contributed by atoms with Crippen molar-refractivity contribution in [3.63, 3.8) is 0 Å². The first-order valence-electron chi connectivity index (χ1n) is 10.3. The zero-order valence-electron chi connectivity index (χ0n) is 17.4. The van der Waals surface area contributed by atoms with Gasteiger partial charge in [0.05, 0.1) is 30.3 Å². The number of carboxylic acid groups (broad SMARTS) is 1. The van der Waals surface area contributed by atoms with Crippen molar-refractivity contribution < 1.29 is 24.1 Å². The number of aliphatic carboxylic acids is 1. The van der Waals surface area contributed by atoms with Gasteiger partial charge in [-0.25, -0.2) is 0 Å². The summed E-state index contributed by atoms with van der Waals surface area (Å²) < 4.78 is 18.2. The molecule has 0 saturated carbocycles. The molecule has 4 rings (SSSR count). The fourth-order valence-electron chi connectivity index (χ4n) is 4.71. The number of hydrogen-bond acceptors (Lipinski definition) is 4. The molecule has 0 unspecified atom stereocenters. The van der Waals surface area contributed by atoms with E-state index in [0.29, 0.717) is 29.4 Å². The lowest BCUT2D eigenvalue weighted by molar-refractivity contribution is -0.188. The van der Waals surface area contributed by atoms with Gasteiger partial charge in [-0.05, 0) is 44.7 Å². The van der Waals surface area contributed by atoms with Crippen LogP contribution in [0.3, 0.4) is 0 Å². The molecule has 0 radical (unpaired) electrons. The largest absolute Gasteiger partial charge is 0.497 e. The van der Waals surface area contributed by atoms with Gasteiger partial charge < -0.3 is 19.3 Å². The Bertz CT molecular complexity index is 927. The number of aryl methyl sites for hydroxylation is 1. The van der Waals surface area contributed by atoms with Gasteiger partial charge in [0.2, 0.25) is 0 Å². The van der Waals surface area contributed by atoms with Crippen molar-refractivity contribution in [1.29, 1.82) is 0 Å². The predicted molar refractivity (Wildman–Crippen MR) is 114 cm³/mol. The predicted octanol–water partition coefficient (Wildman–Crippen LogP) is 5.30. The summed E-state index contributed by atoms with van der Waals surface area (Å²) in [6.45, 7) is 3.95. The van der Waals surface area contributed by atoms with E-state index in [0.717, 1.165) is 12.0 Å². The summed E-state index contributed by atoms with van der Waals surface area (Å²) in [4.78, 5) is 12.1. The van der Waals surface area contributed by atoms with Crippen LogP contribution < -0.4 is 9.47 Å². The van der Waals surface area contributed by atoms with E-state index in [4.69, 9.17) is 25.8 Å². The fraction of sp³-hybridized carbons (Fsp3) is 0.458. The summed E-state index contributed by atoms with van der Waals surface area (Å²) in [6, 6.07) is 13.7. The molecule has 0 aromatic heterocycles. The van der Waals surface area contributed by atoms with Crippen LogP contribution in [0.4, 0.5) is 0 Å². The van der Waals surface area contributed by atoms with Crippen LogP contribution in [0.25, 0.3) is 0 Å². The normalized spacial score (nSPS) is 26.8. The molecule has 0 bridgehead atoms. The fourth-order valence-corrected chi connectivity index (χ4v) is 4.97. The minimum absolute atomic E-state index is 0.109. The first kappa shape index (κ1) is 21.0. The monoisotopic (exact) mass is 430 g/mol. The van der Waals surface area contributed by atoms with E-state index >= 15 is 0 Å². The number of hydrogen-bond donors (Lipinski definition) is 1. The second-order valence-electron chi connectivity index (χ2n) is 8.64. The van der Waals surface area contributed by atoms with E-state index in [1.165, 1.54) is 5.56 Å². The summed E-state index contributed by atoms with van der Waals surface area (Å²) in [5.41, 5.74) is 1.40. The SMILES string of the molecule is COc1cc(Cl)c2c(c1)[C@H]1O[C@@H](CCc3ccccc3)[C@@H](C(=O)O)C[C@@H]1C(C)(C)O2. The Morgan fingerprint density at radius 3 is 2.67 bits per heavy atom. The van der Waals surface area contributed by atoms with Crippen molar-refractivity contribution in [1.82, 2.24) is 0 Å². The smallest absolute Gasteiger partial charge is 0.309 e. The first-order chi connectivity index (χ1) is 14.3. The number of benzene rings is 2. The molecule has 0 aliphatic carbocycles. The topological polar surface area (TPSA) is 65.0 Å². The third-order valence-corrected chi connectivity index (χ3v) is 6.65. The maximum Gasteiger partial charge on any atom is 0.309 e. The third-order valence-electron chi connectivity index (χ3n) is 6.37. The summed E-state index contributed by atoms with van der Waals surface area (Å²) in [7, 11) is 1.59. The zero-order chi connectivity index (χ0) is 21.5. The number of fused-ring (bicyclic) bond motifs is 3. The van der Waals surface area contributed by atoms with E-state index in [1.807, 2.05) is 38.1 Å². The van der Waals surface area contributed by atoms with Gasteiger partial charge in [-0.2, -0.15) is 0 Å². The van der Waals surface area contributed by atoms with Gasteiger partial charge in [0.25, 0.3) is 0 Å². The standard InChI is InChI=1S/C24H27ClO5/c1-24(2)18-13-16(23(26)27)20(10-9-14-7-5-4-6-8-14)29-21(18)17-11-15(28-3)12-19(25)22(17)30-24/h4-8,11-12,16,18,20-21H,9-10,13H2,1-3H3,(H,26,27)/t16-,18-,20-,21+/m0/s1. The van der Waals surface area contributed by atoms with Crippen LogP contribution in [-0.4, -0.2) is 29.9 Å². The Kier molecular flexibility index (Phi) is 5.69. The lowest BCUT2D eigenvalue weighted by Crippen LogP contribution is -2.52. The summed E-state index contributed by atoms with van der Waals surface area (Å²) in [6.07, 6.45) is 1.20. The van der Waals surface area contributed by atoms with Gasteiger partial charge in [0.15, 0.2) is 0 Å². The second kappa shape index (κ2) is 8.12. The van der Waals surface area contributed by atoms with Crippen LogP contribution in [-0.2, 0) is 16.0 Å². The lowest BCUT2D eigenvalue weighted by atomic mass is 9.71. The molecule has 2 aliphatic rings. The van der Waals surface area contributed by atoms with Gasteiger partial charge in [-0.1, -0.05) is 41.9 Å². The lowest BCUT2D eigenvalue weighted by Gasteiger charge is -2.50. The summed E-state index contributed by atoms with van der Waals surface area (Å²) in [5.74, 6) is -0.288. The Hall–Kier alpha value is -2.24.